The van der Waals surface area contributed by atoms with Gasteiger partial charge in [-0.25, -0.2) is 4.79 Å². The Balaban J connectivity index is 1.42. The van der Waals surface area contributed by atoms with Crippen molar-refractivity contribution in [2.24, 2.45) is 29.6 Å². The average molecular weight is 357 g/mol. The summed E-state index contributed by atoms with van der Waals surface area (Å²) >= 11 is 0. The van der Waals surface area contributed by atoms with Crippen molar-refractivity contribution in [2.45, 2.75) is 38.6 Å². The van der Waals surface area contributed by atoms with Crippen LogP contribution in [-0.2, 0) is 16.1 Å². The van der Waals surface area contributed by atoms with E-state index in [4.69, 9.17) is 9.47 Å². The second kappa shape index (κ2) is 6.93. The summed E-state index contributed by atoms with van der Waals surface area (Å²) in [6.07, 6.45) is 6.34. The first-order valence-corrected chi connectivity index (χ1v) is 9.62. The molecule has 4 aliphatic rings. The second-order valence-corrected chi connectivity index (χ2v) is 8.20. The van der Waals surface area contributed by atoms with Gasteiger partial charge in [-0.2, -0.15) is 0 Å². The Labute approximate surface area is 154 Å². The van der Waals surface area contributed by atoms with Crippen molar-refractivity contribution in [1.29, 1.82) is 0 Å². The average Bonchev–Trinajstić information content (AvgIpc) is 2.64. The summed E-state index contributed by atoms with van der Waals surface area (Å²) in [7, 11) is 2.87. The molecule has 0 atom stereocenters. The summed E-state index contributed by atoms with van der Waals surface area (Å²) in [5.74, 6) is 3.30. The number of amides is 1. The Morgan fingerprint density at radius 1 is 1.04 bits per heavy atom. The standard InChI is InChI=1S/C21H27NO4/c1-25-18-4-3-12(10-17(18)21(24)26-2)11-22-20(23)19-15-6-13-5-14(8-15)9-16(19)7-13/h3-4,10,13-16,19H,5-9,11H2,1-2H3,(H,22,23). The highest BCUT2D eigenvalue weighted by atomic mass is 16.5. The molecule has 0 unspecified atom stereocenters. The Kier molecular flexibility index (Phi) is 4.63. The van der Waals surface area contributed by atoms with Gasteiger partial charge in [0.1, 0.15) is 11.3 Å². The van der Waals surface area contributed by atoms with Gasteiger partial charge in [0.2, 0.25) is 5.91 Å². The Morgan fingerprint density at radius 2 is 1.69 bits per heavy atom. The molecule has 0 aromatic heterocycles. The van der Waals surface area contributed by atoms with Crippen LogP contribution in [-0.4, -0.2) is 26.1 Å². The molecule has 0 spiro atoms. The minimum atomic E-state index is -0.434. The predicted octanol–water partition coefficient (Wildman–Crippen LogP) is 3.17. The van der Waals surface area contributed by atoms with Gasteiger partial charge in [-0.1, -0.05) is 6.07 Å². The van der Waals surface area contributed by atoms with Crippen molar-refractivity contribution in [1.82, 2.24) is 5.32 Å². The highest BCUT2D eigenvalue weighted by molar-refractivity contribution is 5.92. The van der Waals surface area contributed by atoms with Gasteiger partial charge in [0.15, 0.2) is 0 Å². The Bertz CT molecular complexity index is 686. The molecular weight excluding hydrogens is 330 g/mol. The van der Waals surface area contributed by atoms with Gasteiger partial charge in [0, 0.05) is 12.5 Å². The van der Waals surface area contributed by atoms with Crippen LogP contribution in [0.2, 0.25) is 0 Å². The number of esters is 1. The Hall–Kier alpha value is -2.04. The summed E-state index contributed by atoms with van der Waals surface area (Å²) in [6, 6.07) is 5.36. The zero-order valence-corrected chi connectivity index (χ0v) is 15.5. The Morgan fingerprint density at radius 3 is 2.27 bits per heavy atom. The minimum absolute atomic E-state index is 0.182. The number of methoxy groups -OCH3 is 2. The molecule has 140 valence electrons. The molecule has 4 aliphatic carbocycles. The van der Waals surface area contributed by atoms with Gasteiger partial charge >= 0.3 is 5.97 Å². The molecule has 5 rings (SSSR count). The van der Waals surface area contributed by atoms with Crippen molar-refractivity contribution >= 4 is 11.9 Å². The lowest BCUT2D eigenvalue weighted by atomic mass is 9.51. The molecule has 1 aromatic rings. The van der Waals surface area contributed by atoms with Crippen LogP contribution in [0.15, 0.2) is 18.2 Å². The second-order valence-electron chi connectivity index (χ2n) is 8.20. The summed E-state index contributed by atoms with van der Waals surface area (Å²) in [5.41, 5.74) is 1.26. The quantitative estimate of drug-likeness (QED) is 0.822. The normalized spacial score (nSPS) is 31.5. The van der Waals surface area contributed by atoms with Crippen LogP contribution >= 0.6 is 0 Å². The number of carbonyl (C=O) groups excluding carboxylic acids is 2. The fraction of sp³-hybridized carbons (Fsp3) is 0.619. The van der Waals surface area contributed by atoms with E-state index in [9.17, 15) is 9.59 Å². The van der Waals surface area contributed by atoms with E-state index in [-0.39, 0.29) is 11.8 Å². The van der Waals surface area contributed by atoms with E-state index in [2.05, 4.69) is 5.32 Å². The summed E-state index contributed by atoms with van der Waals surface area (Å²) in [6.45, 7) is 0.426. The van der Waals surface area contributed by atoms with E-state index in [1.54, 1.807) is 12.1 Å². The van der Waals surface area contributed by atoms with Crippen molar-refractivity contribution in [3.63, 3.8) is 0 Å². The molecule has 0 heterocycles. The van der Waals surface area contributed by atoms with Crippen molar-refractivity contribution < 1.29 is 19.1 Å². The third kappa shape index (κ3) is 3.08. The number of hydrogen-bond donors (Lipinski definition) is 1. The molecule has 0 radical (unpaired) electrons. The molecule has 0 aliphatic heterocycles. The van der Waals surface area contributed by atoms with Crippen molar-refractivity contribution in [2.75, 3.05) is 14.2 Å². The van der Waals surface area contributed by atoms with Gasteiger partial charge in [0.05, 0.1) is 14.2 Å². The lowest BCUT2D eigenvalue weighted by molar-refractivity contribution is -0.138. The lowest BCUT2D eigenvalue weighted by Crippen LogP contribution is -2.50. The maximum atomic E-state index is 12.9. The van der Waals surface area contributed by atoms with Crippen LogP contribution < -0.4 is 10.1 Å². The van der Waals surface area contributed by atoms with Gasteiger partial charge < -0.3 is 14.8 Å². The highest BCUT2D eigenvalue weighted by Crippen LogP contribution is 2.56. The SMILES string of the molecule is COC(=O)c1cc(CNC(=O)C2C3CC4CC(C3)CC2C4)ccc1OC. The fourth-order valence-electron chi connectivity index (χ4n) is 5.79. The first kappa shape index (κ1) is 17.4. The minimum Gasteiger partial charge on any atom is -0.496 e. The van der Waals surface area contributed by atoms with Crippen LogP contribution in [0.5, 0.6) is 5.75 Å². The topological polar surface area (TPSA) is 64.6 Å². The van der Waals surface area contributed by atoms with Gasteiger partial charge in [-0.05, 0) is 73.5 Å². The monoisotopic (exact) mass is 357 g/mol. The van der Waals surface area contributed by atoms with E-state index >= 15 is 0 Å². The van der Waals surface area contributed by atoms with Gasteiger partial charge in [0.25, 0.3) is 0 Å². The molecule has 5 nitrogen and oxygen atoms in total. The van der Waals surface area contributed by atoms with Crippen LogP contribution in [0, 0.1) is 29.6 Å². The number of ether oxygens (including phenoxy) is 2. The van der Waals surface area contributed by atoms with E-state index in [0.29, 0.717) is 29.7 Å². The van der Waals surface area contributed by atoms with Crippen LogP contribution in [0.1, 0.15) is 48.0 Å². The summed E-state index contributed by atoms with van der Waals surface area (Å²) < 4.78 is 10.0. The van der Waals surface area contributed by atoms with E-state index in [1.165, 1.54) is 46.3 Å². The fourth-order valence-corrected chi connectivity index (χ4v) is 5.79. The zero-order chi connectivity index (χ0) is 18.3. The van der Waals surface area contributed by atoms with Crippen LogP contribution in [0.4, 0.5) is 0 Å². The highest BCUT2D eigenvalue weighted by Gasteiger charge is 2.50. The molecular formula is C21H27NO4. The van der Waals surface area contributed by atoms with Gasteiger partial charge in [-0.3, -0.25) is 4.79 Å². The van der Waals surface area contributed by atoms with Crippen LogP contribution in [0.3, 0.4) is 0 Å². The first-order valence-electron chi connectivity index (χ1n) is 9.62. The number of rotatable bonds is 5. The van der Waals surface area contributed by atoms with Crippen LogP contribution in [0.25, 0.3) is 0 Å². The third-order valence-corrected chi connectivity index (χ3v) is 6.67. The van der Waals surface area contributed by atoms with Gasteiger partial charge in [-0.15, -0.1) is 0 Å². The molecule has 1 amide bonds. The number of carbonyl (C=O) groups is 2. The summed E-state index contributed by atoms with van der Waals surface area (Å²) in [4.78, 5) is 24.8. The third-order valence-electron chi connectivity index (χ3n) is 6.67. The molecule has 5 heteroatoms. The lowest BCUT2D eigenvalue weighted by Gasteiger charge is -2.53. The summed E-state index contributed by atoms with van der Waals surface area (Å²) in [5, 5.41) is 3.12. The maximum Gasteiger partial charge on any atom is 0.341 e. The molecule has 4 bridgehead atoms. The van der Waals surface area contributed by atoms with E-state index in [0.717, 1.165) is 17.4 Å². The zero-order valence-electron chi connectivity index (χ0n) is 15.5. The molecule has 1 N–H and O–H groups in total. The largest absolute Gasteiger partial charge is 0.496 e. The predicted molar refractivity (Wildman–Crippen MR) is 96.7 cm³/mol. The van der Waals surface area contributed by atoms with Crippen molar-refractivity contribution in [3.8, 4) is 5.75 Å². The molecule has 0 saturated heterocycles. The number of nitrogens with one attached hydrogen (secondary N) is 1. The van der Waals surface area contributed by atoms with E-state index in [1.807, 2.05) is 6.07 Å². The molecule has 4 fully saturated rings. The first-order chi connectivity index (χ1) is 12.6. The van der Waals surface area contributed by atoms with E-state index < -0.39 is 5.97 Å². The number of benzene rings is 1. The number of hydrogen-bond acceptors (Lipinski definition) is 4. The molecule has 1 aromatic carbocycles. The van der Waals surface area contributed by atoms with Crippen molar-refractivity contribution in [3.05, 3.63) is 29.3 Å². The smallest absolute Gasteiger partial charge is 0.341 e. The molecule has 26 heavy (non-hydrogen) atoms. The maximum absolute atomic E-state index is 12.9. The molecule has 4 saturated carbocycles.